The van der Waals surface area contributed by atoms with Gasteiger partial charge in [0.2, 0.25) is 0 Å². The normalized spacial score (nSPS) is 11.0. The Bertz CT molecular complexity index is 763. The molecule has 2 heterocycles. The van der Waals surface area contributed by atoms with Gasteiger partial charge in [-0.05, 0) is 23.6 Å². The highest BCUT2D eigenvalue weighted by Crippen LogP contribution is 2.39. The number of benzene rings is 1. The molecule has 0 fully saturated rings. The third-order valence-corrected chi connectivity index (χ3v) is 4.85. The predicted octanol–water partition coefficient (Wildman–Crippen LogP) is 4.22. The maximum atomic E-state index is 13.7. The summed E-state index contributed by atoms with van der Waals surface area (Å²) in [6.07, 6.45) is 0. The summed E-state index contributed by atoms with van der Waals surface area (Å²) in [7, 11) is 0. The van der Waals surface area contributed by atoms with Crippen LogP contribution in [-0.4, -0.2) is 16.1 Å². The van der Waals surface area contributed by atoms with E-state index in [1.807, 2.05) is 11.4 Å². The maximum Gasteiger partial charge on any atom is 0.353 e. The molecule has 3 aromatic rings. The molecule has 2 N–H and O–H groups in total. The molecule has 1 aromatic carbocycles. The number of nitrogens with one attached hydrogen (secondary N) is 1. The topological polar surface area (TPSA) is 53.1 Å². The number of H-pyrrole nitrogens is 1. The summed E-state index contributed by atoms with van der Waals surface area (Å²) >= 11 is 2.57. The summed E-state index contributed by atoms with van der Waals surface area (Å²) in [6, 6.07) is 8.15. The fourth-order valence-corrected chi connectivity index (χ4v) is 3.81. The van der Waals surface area contributed by atoms with E-state index >= 15 is 0 Å². The molecule has 0 aliphatic rings. The summed E-state index contributed by atoms with van der Waals surface area (Å²) in [5.41, 5.74) is 0.872. The molecule has 0 saturated heterocycles. The van der Waals surface area contributed by atoms with Gasteiger partial charge in [-0.1, -0.05) is 23.9 Å². The zero-order chi connectivity index (χ0) is 13.4. The Labute approximate surface area is 116 Å². The van der Waals surface area contributed by atoms with E-state index in [2.05, 4.69) is 4.98 Å². The number of carbonyl (C=O) groups is 1. The van der Waals surface area contributed by atoms with Crippen LogP contribution >= 0.6 is 23.1 Å². The zero-order valence-corrected chi connectivity index (χ0v) is 11.1. The van der Waals surface area contributed by atoms with Crippen LogP contribution in [-0.2, 0) is 0 Å². The average molecular weight is 293 g/mol. The van der Waals surface area contributed by atoms with Crippen molar-refractivity contribution in [2.24, 2.45) is 0 Å². The summed E-state index contributed by atoms with van der Waals surface area (Å²) in [5.74, 6) is -1.39. The molecule has 3 rings (SSSR count). The van der Waals surface area contributed by atoms with Gasteiger partial charge >= 0.3 is 5.97 Å². The Kier molecular flexibility index (Phi) is 3.04. The van der Waals surface area contributed by atoms with Crippen LogP contribution in [0.15, 0.2) is 45.5 Å². The predicted molar refractivity (Wildman–Crippen MR) is 73.7 cm³/mol. The lowest BCUT2D eigenvalue weighted by Crippen LogP contribution is -1.98. The molecule has 2 aromatic heterocycles. The number of fused-ring (bicyclic) bond motifs is 1. The summed E-state index contributed by atoms with van der Waals surface area (Å²) in [5, 5.41) is 11.1. The number of aromatic carboxylic acids is 1. The average Bonchev–Trinajstić information content (AvgIpc) is 2.94. The highest BCUT2D eigenvalue weighted by molar-refractivity contribution is 7.99. The molecule has 0 aliphatic heterocycles. The Morgan fingerprint density at radius 2 is 2.11 bits per heavy atom. The smallest absolute Gasteiger partial charge is 0.353 e. The number of carboxylic acid groups (broad SMARTS) is 1. The first-order valence-electron chi connectivity index (χ1n) is 5.41. The minimum absolute atomic E-state index is 0.107. The number of rotatable bonds is 3. The van der Waals surface area contributed by atoms with Gasteiger partial charge in [0.15, 0.2) is 0 Å². The summed E-state index contributed by atoms with van der Waals surface area (Å²) in [6.45, 7) is 0. The van der Waals surface area contributed by atoms with E-state index in [-0.39, 0.29) is 11.5 Å². The minimum atomic E-state index is -1.04. The first-order chi connectivity index (χ1) is 9.16. The second-order valence-corrected chi connectivity index (χ2v) is 5.80. The first kappa shape index (κ1) is 12.3. The van der Waals surface area contributed by atoms with E-state index in [0.29, 0.717) is 9.79 Å². The Balaban J connectivity index is 2.13. The number of hydrogen-bond acceptors (Lipinski definition) is 3. The number of thiophene rings is 1. The Morgan fingerprint density at radius 3 is 2.84 bits per heavy atom. The van der Waals surface area contributed by atoms with E-state index in [1.54, 1.807) is 18.2 Å². The molecule has 0 unspecified atom stereocenters. The van der Waals surface area contributed by atoms with Crippen molar-refractivity contribution in [3.63, 3.8) is 0 Å². The van der Waals surface area contributed by atoms with Gasteiger partial charge in [-0.25, -0.2) is 9.18 Å². The van der Waals surface area contributed by atoms with Crippen molar-refractivity contribution in [3.8, 4) is 0 Å². The first-order valence-corrected chi connectivity index (χ1v) is 7.11. The van der Waals surface area contributed by atoms with Gasteiger partial charge in [-0.15, -0.1) is 11.3 Å². The lowest BCUT2D eigenvalue weighted by atomic mass is 10.3. The molecule has 0 aliphatic carbocycles. The van der Waals surface area contributed by atoms with Crippen molar-refractivity contribution in [1.29, 1.82) is 0 Å². The summed E-state index contributed by atoms with van der Waals surface area (Å²) in [4.78, 5) is 15.1. The molecular weight excluding hydrogens is 285 g/mol. The van der Waals surface area contributed by atoms with Crippen molar-refractivity contribution in [3.05, 3.63) is 47.2 Å². The van der Waals surface area contributed by atoms with Crippen LogP contribution in [0.2, 0.25) is 0 Å². The van der Waals surface area contributed by atoms with Gasteiger partial charge < -0.3 is 10.1 Å². The van der Waals surface area contributed by atoms with E-state index in [4.69, 9.17) is 0 Å². The largest absolute Gasteiger partial charge is 0.477 e. The molecule has 0 saturated carbocycles. The van der Waals surface area contributed by atoms with E-state index in [9.17, 15) is 14.3 Å². The molecule has 96 valence electrons. The van der Waals surface area contributed by atoms with Gasteiger partial charge in [-0.3, -0.25) is 0 Å². The van der Waals surface area contributed by atoms with Crippen LogP contribution in [0.1, 0.15) is 10.5 Å². The number of carboxylic acids is 1. The summed E-state index contributed by atoms with van der Waals surface area (Å²) < 4.78 is 14.5. The molecule has 0 atom stereocenters. The van der Waals surface area contributed by atoms with Crippen molar-refractivity contribution in [1.82, 2.24) is 4.98 Å². The number of aromatic amines is 1. The van der Waals surface area contributed by atoms with Crippen LogP contribution in [0.3, 0.4) is 0 Å². The quantitative estimate of drug-likeness (QED) is 0.760. The van der Waals surface area contributed by atoms with Gasteiger partial charge in [-0.2, -0.15) is 0 Å². The zero-order valence-electron chi connectivity index (χ0n) is 9.51. The van der Waals surface area contributed by atoms with Crippen LogP contribution in [0.5, 0.6) is 0 Å². The number of hydrogen-bond donors (Lipinski definition) is 2. The molecule has 6 heteroatoms. The van der Waals surface area contributed by atoms with Crippen molar-refractivity contribution < 1.29 is 14.3 Å². The van der Waals surface area contributed by atoms with Crippen molar-refractivity contribution in [2.75, 3.05) is 0 Å². The molecule has 3 nitrogen and oxygen atoms in total. The molecular formula is C13H8FNO2S2. The van der Waals surface area contributed by atoms with Crippen molar-refractivity contribution in [2.45, 2.75) is 9.79 Å². The van der Waals surface area contributed by atoms with Crippen LogP contribution in [0.4, 0.5) is 4.39 Å². The van der Waals surface area contributed by atoms with E-state index < -0.39 is 5.97 Å². The molecule has 19 heavy (non-hydrogen) atoms. The Hall–Kier alpha value is -1.79. The lowest BCUT2D eigenvalue weighted by Gasteiger charge is -2.02. The van der Waals surface area contributed by atoms with Crippen LogP contribution < -0.4 is 0 Å². The molecule has 0 bridgehead atoms. The Morgan fingerprint density at radius 1 is 1.32 bits per heavy atom. The fraction of sp³-hybridized carbons (Fsp3) is 0. The molecule has 0 spiro atoms. The SMILES string of the molecule is O=C(O)c1[nH]c2ccsc2c1Sc1ccccc1F. The monoisotopic (exact) mass is 293 g/mol. The molecule has 0 amide bonds. The van der Waals surface area contributed by atoms with Gasteiger partial charge in [0.1, 0.15) is 11.5 Å². The van der Waals surface area contributed by atoms with E-state index in [0.717, 1.165) is 22.0 Å². The highest BCUT2D eigenvalue weighted by Gasteiger charge is 2.20. The molecule has 0 radical (unpaired) electrons. The van der Waals surface area contributed by atoms with Crippen molar-refractivity contribution >= 4 is 39.3 Å². The number of aromatic nitrogens is 1. The third-order valence-electron chi connectivity index (χ3n) is 2.62. The second-order valence-electron chi connectivity index (χ2n) is 3.83. The van der Waals surface area contributed by atoms with Gasteiger partial charge in [0.25, 0.3) is 0 Å². The fourth-order valence-electron chi connectivity index (χ4n) is 1.77. The highest BCUT2D eigenvalue weighted by atomic mass is 32.2. The lowest BCUT2D eigenvalue weighted by molar-refractivity contribution is 0.0688. The standard InChI is InChI=1S/C13H8FNO2S2/c14-7-3-1-2-4-9(7)19-12-10(13(16)17)15-8-5-6-18-11(8)12/h1-6,15H,(H,16,17). The van der Waals surface area contributed by atoms with E-state index in [1.165, 1.54) is 17.4 Å². The van der Waals surface area contributed by atoms with Crippen LogP contribution in [0.25, 0.3) is 10.2 Å². The third kappa shape index (κ3) is 2.13. The van der Waals surface area contributed by atoms with Gasteiger partial charge in [0.05, 0.1) is 15.1 Å². The second kappa shape index (κ2) is 4.71. The number of halogens is 1. The minimum Gasteiger partial charge on any atom is -0.477 e. The maximum absolute atomic E-state index is 13.7. The van der Waals surface area contributed by atoms with Gasteiger partial charge in [0, 0.05) is 4.90 Å². The van der Waals surface area contributed by atoms with Crippen LogP contribution in [0, 0.1) is 5.82 Å².